The van der Waals surface area contributed by atoms with E-state index in [2.05, 4.69) is 4.99 Å². The van der Waals surface area contributed by atoms with Gasteiger partial charge in [-0.15, -0.1) is 0 Å². The number of carbonyl (C=O) groups is 1. The topological polar surface area (TPSA) is 49.7 Å². The zero-order valence-corrected chi connectivity index (χ0v) is 9.70. The van der Waals surface area contributed by atoms with Crippen LogP contribution < -0.4 is 0 Å². The Balaban J connectivity index is 2.59. The van der Waals surface area contributed by atoms with E-state index in [1.165, 1.54) is 19.3 Å². The zero-order chi connectivity index (χ0) is 11.3. The number of hydrogen-bond donors (Lipinski definition) is 1. The molecule has 0 radical (unpaired) electrons. The van der Waals surface area contributed by atoms with E-state index in [1.807, 2.05) is 13.8 Å². The van der Waals surface area contributed by atoms with Gasteiger partial charge in [0.15, 0.2) is 0 Å². The molecule has 0 aliphatic heterocycles. The first-order valence-corrected chi connectivity index (χ1v) is 5.92. The summed E-state index contributed by atoms with van der Waals surface area (Å²) in [5.41, 5.74) is 0.803. The summed E-state index contributed by atoms with van der Waals surface area (Å²) in [5.74, 6) is -1.12. The maximum absolute atomic E-state index is 10.9. The van der Waals surface area contributed by atoms with E-state index in [9.17, 15) is 4.79 Å². The maximum Gasteiger partial charge on any atom is 0.312 e. The molecule has 0 aromatic rings. The Bertz CT molecular complexity index is 242. The maximum atomic E-state index is 10.9. The highest BCUT2D eigenvalue weighted by atomic mass is 16.4. The molecule has 0 heterocycles. The fourth-order valence-corrected chi connectivity index (χ4v) is 2.24. The molecule has 3 heteroatoms. The summed E-state index contributed by atoms with van der Waals surface area (Å²) < 4.78 is 0. The van der Waals surface area contributed by atoms with Crippen LogP contribution >= 0.6 is 0 Å². The van der Waals surface area contributed by atoms with Crippen molar-refractivity contribution >= 4 is 11.7 Å². The molecule has 0 aromatic heterocycles. The molecule has 1 atom stereocenters. The minimum Gasteiger partial charge on any atom is -0.481 e. The molecule has 15 heavy (non-hydrogen) atoms. The largest absolute Gasteiger partial charge is 0.481 e. The fourth-order valence-electron chi connectivity index (χ4n) is 2.24. The number of carboxylic acid groups (broad SMARTS) is 1. The highest BCUT2D eigenvalue weighted by Crippen LogP contribution is 2.21. The van der Waals surface area contributed by atoms with Crippen LogP contribution in [0.4, 0.5) is 0 Å². The van der Waals surface area contributed by atoms with Crippen molar-refractivity contribution in [2.45, 2.75) is 58.4 Å². The predicted molar refractivity (Wildman–Crippen MR) is 61.4 cm³/mol. The van der Waals surface area contributed by atoms with Crippen LogP contribution in [-0.4, -0.2) is 22.8 Å². The summed E-state index contributed by atoms with van der Waals surface area (Å²) in [4.78, 5) is 15.5. The van der Waals surface area contributed by atoms with Crippen LogP contribution in [0.15, 0.2) is 4.99 Å². The van der Waals surface area contributed by atoms with E-state index in [-0.39, 0.29) is 5.92 Å². The molecular formula is C12H21NO2. The molecular weight excluding hydrogens is 190 g/mol. The third-order valence-electron chi connectivity index (χ3n) is 3.17. The Labute approximate surface area is 91.6 Å². The van der Waals surface area contributed by atoms with Gasteiger partial charge >= 0.3 is 5.97 Å². The summed E-state index contributed by atoms with van der Waals surface area (Å²) >= 11 is 0. The van der Waals surface area contributed by atoms with Crippen molar-refractivity contribution in [1.29, 1.82) is 0 Å². The van der Waals surface area contributed by atoms with Gasteiger partial charge in [0.1, 0.15) is 0 Å². The van der Waals surface area contributed by atoms with Crippen LogP contribution in [0.25, 0.3) is 0 Å². The second-order valence-corrected chi connectivity index (χ2v) is 4.36. The summed E-state index contributed by atoms with van der Waals surface area (Å²) in [6, 6.07) is 0.382. The molecule has 86 valence electrons. The zero-order valence-electron chi connectivity index (χ0n) is 9.70. The van der Waals surface area contributed by atoms with E-state index >= 15 is 0 Å². The quantitative estimate of drug-likeness (QED) is 0.727. The van der Waals surface area contributed by atoms with Gasteiger partial charge in [0.25, 0.3) is 0 Å². The van der Waals surface area contributed by atoms with Crippen molar-refractivity contribution in [3.05, 3.63) is 0 Å². The van der Waals surface area contributed by atoms with Gasteiger partial charge in [-0.3, -0.25) is 9.79 Å². The van der Waals surface area contributed by atoms with Crippen molar-refractivity contribution < 1.29 is 9.90 Å². The van der Waals surface area contributed by atoms with E-state index in [0.29, 0.717) is 12.5 Å². The number of hydrogen-bond acceptors (Lipinski definition) is 2. The van der Waals surface area contributed by atoms with Crippen LogP contribution in [0.5, 0.6) is 0 Å². The Morgan fingerprint density at radius 1 is 1.40 bits per heavy atom. The lowest BCUT2D eigenvalue weighted by Crippen LogP contribution is -2.23. The number of carboxylic acids is 1. The molecule has 0 spiro atoms. The molecule has 1 N–H and O–H groups in total. The van der Waals surface area contributed by atoms with E-state index in [1.54, 1.807) is 0 Å². The fraction of sp³-hybridized carbons (Fsp3) is 0.833. The highest BCUT2D eigenvalue weighted by Gasteiger charge is 2.20. The van der Waals surface area contributed by atoms with Crippen LogP contribution in [-0.2, 0) is 4.79 Å². The van der Waals surface area contributed by atoms with Gasteiger partial charge < -0.3 is 5.11 Å². The molecule has 0 bridgehead atoms. The van der Waals surface area contributed by atoms with E-state index in [4.69, 9.17) is 5.11 Å². The summed E-state index contributed by atoms with van der Waals surface area (Å²) in [6.07, 6.45) is 6.69. The van der Waals surface area contributed by atoms with Crippen molar-refractivity contribution in [2.75, 3.05) is 0 Å². The van der Waals surface area contributed by atoms with Gasteiger partial charge in [-0.2, -0.15) is 0 Å². The average Bonchev–Trinajstić information content (AvgIpc) is 2.19. The molecule has 3 nitrogen and oxygen atoms in total. The first-order valence-electron chi connectivity index (χ1n) is 5.92. The summed E-state index contributed by atoms with van der Waals surface area (Å²) in [7, 11) is 0. The predicted octanol–water partition coefficient (Wildman–Crippen LogP) is 2.89. The Hall–Kier alpha value is -0.860. The minimum atomic E-state index is -0.741. The molecule has 1 rings (SSSR count). The lowest BCUT2D eigenvalue weighted by molar-refractivity contribution is -0.139. The molecule has 0 amide bonds. The SMILES string of the molecule is CCC(C(=O)O)/C(C)=N\C1CCCCC1. The van der Waals surface area contributed by atoms with Crippen molar-refractivity contribution in [1.82, 2.24) is 0 Å². The number of nitrogens with zero attached hydrogens (tertiary/aromatic N) is 1. The van der Waals surface area contributed by atoms with Crippen LogP contribution in [0, 0.1) is 5.92 Å². The summed E-state index contributed by atoms with van der Waals surface area (Å²) in [6.45, 7) is 3.76. The normalized spacial score (nSPS) is 21.3. The van der Waals surface area contributed by atoms with Gasteiger partial charge in [-0.25, -0.2) is 0 Å². The van der Waals surface area contributed by atoms with Gasteiger partial charge in [-0.05, 0) is 26.2 Å². The minimum absolute atomic E-state index is 0.382. The Morgan fingerprint density at radius 3 is 2.47 bits per heavy atom. The summed E-state index contributed by atoms with van der Waals surface area (Å²) in [5, 5.41) is 8.99. The van der Waals surface area contributed by atoms with Gasteiger partial charge in [0, 0.05) is 11.8 Å². The smallest absolute Gasteiger partial charge is 0.312 e. The first kappa shape index (κ1) is 12.2. The number of aliphatic carboxylic acids is 1. The van der Waals surface area contributed by atoms with Crippen molar-refractivity contribution in [3.8, 4) is 0 Å². The number of aliphatic imine (C=N–C) groups is 1. The van der Waals surface area contributed by atoms with Crippen molar-refractivity contribution in [3.63, 3.8) is 0 Å². The molecule has 1 aliphatic carbocycles. The lowest BCUT2D eigenvalue weighted by Gasteiger charge is -2.20. The van der Waals surface area contributed by atoms with E-state index < -0.39 is 5.97 Å². The Kier molecular flexibility index (Phi) is 4.79. The molecule has 1 fully saturated rings. The van der Waals surface area contributed by atoms with Crippen LogP contribution in [0.3, 0.4) is 0 Å². The average molecular weight is 211 g/mol. The second kappa shape index (κ2) is 5.89. The molecule has 1 saturated carbocycles. The molecule has 1 unspecified atom stereocenters. The van der Waals surface area contributed by atoms with Gasteiger partial charge in [0.2, 0.25) is 0 Å². The third kappa shape index (κ3) is 3.65. The molecule has 0 aromatic carbocycles. The van der Waals surface area contributed by atoms with Gasteiger partial charge in [-0.1, -0.05) is 26.2 Å². The van der Waals surface area contributed by atoms with Gasteiger partial charge in [0.05, 0.1) is 5.92 Å². The monoisotopic (exact) mass is 211 g/mol. The van der Waals surface area contributed by atoms with Crippen LogP contribution in [0.2, 0.25) is 0 Å². The molecule has 1 aliphatic rings. The van der Waals surface area contributed by atoms with E-state index in [0.717, 1.165) is 18.6 Å². The first-order chi connectivity index (χ1) is 7.15. The number of rotatable bonds is 4. The highest BCUT2D eigenvalue weighted by molar-refractivity contribution is 6.00. The molecule has 0 saturated heterocycles. The standard InChI is InChI=1S/C12H21NO2/c1-3-11(12(14)15)9(2)13-10-7-5-4-6-8-10/h10-11H,3-8H2,1-2H3,(H,14,15)/b13-9-. The second-order valence-electron chi connectivity index (χ2n) is 4.36. The van der Waals surface area contributed by atoms with Crippen molar-refractivity contribution in [2.24, 2.45) is 10.9 Å². The third-order valence-corrected chi connectivity index (χ3v) is 3.17. The Morgan fingerprint density at radius 2 is 2.00 bits per heavy atom. The van der Waals surface area contributed by atoms with Crippen LogP contribution in [0.1, 0.15) is 52.4 Å². The lowest BCUT2D eigenvalue weighted by atomic mass is 9.95.